The zero-order valence-electron chi connectivity index (χ0n) is 10.2. The first-order valence-electron chi connectivity index (χ1n) is 6.35. The van der Waals surface area contributed by atoms with E-state index in [0.29, 0.717) is 24.0 Å². The maximum Gasteiger partial charge on any atom is 0.254 e. The smallest absolute Gasteiger partial charge is 0.254 e. The van der Waals surface area contributed by atoms with E-state index in [1.807, 2.05) is 4.90 Å². The summed E-state index contributed by atoms with van der Waals surface area (Å²) in [6.07, 6.45) is 4.11. The number of carbonyl (C=O) groups excluding carboxylic acids is 1. The number of carbonyl (C=O) groups is 1. The molecule has 0 bridgehead atoms. The van der Waals surface area contributed by atoms with Gasteiger partial charge in [0, 0.05) is 24.0 Å². The Hall–Kier alpha value is -1.09. The molecule has 0 radical (unpaired) electrons. The van der Waals surface area contributed by atoms with Crippen LogP contribution in [0.2, 0.25) is 0 Å². The molecule has 0 aliphatic heterocycles. The Balaban J connectivity index is 2.08. The number of halogens is 2. The molecule has 0 spiro atoms. The molecule has 0 saturated heterocycles. The Morgan fingerprint density at radius 3 is 2.50 bits per heavy atom. The molecule has 0 aromatic heterocycles. The quantitative estimate of drug-likeness (QED) is 0.750. The fourth-order valence-electron chi connectivity index (χ4n) is 2.14. The van der Waals surface area contributed by atoms with Crippen LogP contribution in [0.15, 0.2) is 24.3 Å². The molecule has 98 valence electrons. The highest BCUT2D eigenvalue weighted by atomic mass is 35.5. The van der Waals surface area contributed by atoms with Crippen LogP contribution in [0.1, 0.15) is 36.0 Å². The first-order chi connectivity index (χ1) is 8.72. The lowest BCUT2D eigenvalue weighted by molar-refractivity contribution is 0.0581. The molecular weight excluding hydrogens is 253 g/mol. The highest BCUT2D eigenvalue weighted by Crippen LogP contribution is 2.26. The molecule has 2 rings (SSSR count). The summed E-state index contributed by atoms with van der Waals surface area (Å²) in [5, 5.41) is 0. The normalized spacial score (nSPS) is 15.2. The molecule has 1 aromatic carbocycles. The molecular formula is C14H17ClFNO. The summed E-state index contributed by atoms with van der Waals surface area (Å²) in [5.74, 6) is 0.229. The van der Waals surface area contributed by atoms with Crippen molar-refractivity contribution in [1.29, 1.82) is 0 Å². The average Bonchev–Trinajstić information content (AvgIpc) is 2.32. The van der Waals surface area contributed by atoms with Crippen molar-refractivity contribution in [1.82, 2.24) is 4.90 Å². The van der Waals surface area contributed by atoms with E-state index < -0.39 is 0 Å². The van der Waals surface area contributed by atoms with E-state index in [1.54, 1.807) is 12.1 Å². The predicted molar refractivity (Wildman–Crippen MR) is 70.4 cm³/mol. The van der Waals surface area contributed by atoms with Gasteiger partial charge in [0.25, 0.3) is 5.91 Å². The van der Waals surface area contributed by atoms with Gasteiger partial charge in [-0.2, -0.15) is 0 Å². The fraction of sp³-hybridized carbons (Fsp3) is 0.500. The van der Waals surface area contributed by atoms with Crippen molar-refractivity contribution < 1.29 is 9.18 Å². The molecule has 0 unspecified atom stereocenters. The van der Waals surface area contributed by atoms with Crippen LogP contribution < -0.4 is 0 Å². The van der Waals surface area contributed by atoms with Crippen LogP contribution >= 0.6 is 11.6 Å². The third-order valence-corrected chi connectivity index (χ3v) is 3.67. The van der Waals surface area contributed by atoms with E-state index in [2.05, 4.69) is 0 Å². The summed E-state index contributed by atoms with van der Waals surface area (Å²) < 4.78 is 12.8. The van der Waals surface area contributed by atoms with Crippen LogP contribution in [-0.2, 0) is 0 Å². The summed E-state index contributed by atoms with van der Waals surface area (Å²) in [7, 11) is 0. The minimum atomic E-state index is -0.317. The fourth-order valence-corrected chi connectivity index (χ4v) is 2.26. The number of rotatable bonds is 5. The van der Waals surface area contributed by atoms with Gasteiger partial charge in [-0.1, -0.05) is 0 Å². The minimum absolute atomic E-state index is 0.00943. The molecule has 1 aromatic rings. The van der Waals surface area contributed by atoms with Crippen LogP contribution in [0, 0.1) is 5.82 Å². The highest BCUT2D eigenvalue weighted by Gasteiger charge is 2.28. The van der Waals surface area contributed by atoms with Crippen LogP contribution in [0.25, 0.3) is 0 Å². The van der Waals surface area contributed by atoms with Crippen molar-refractivity contribution >= 4 is 17.5 Å². The van der Waals surface area contributed by atoms with Crippen LogP contribution in [0.5, 0.6) is 0 Å². The van der Waals surface area contributed by atoms with E-state index in [1.165, 1.54) is 18.6 Å². The minimum Gasteiger partial charge on any atom is -0.336 e. The summed E-state index contributed by atoms with van der Waals surface area (Å²) in [6, 6.07) is 6.08. The number of hydrogen-bond donors (Lipinski definition) is 0. The summed E-state index contributed by atoms with van der Waals surface area (Å²) in [4.78, 5) is 14.2. The van der Waals surface area contributed by atoms with Crippen molar-refractivity contribution in [2.24, 2.45) is 0 Å². The van der Waals surface area contributed by atoms with Gasteiger partial charge in [-0.15, -0.1) is 11.6 Å². The standard InChI is InChI=1S/C14H17ClFNO/c15-9-2-10-17(13-3-1-4-13)14(18)11-5-7-12(16)8-6-11/h5-8,13H,1-4,9-10H2. The van der Waals surface area contributed by atoms with Crippen LogP contribution in [0.4, 0.5) is 4.39 Å². The molecule has 0 N–H and O–H groups in total. The predicted octanol–water partition coefficient (Wildman–Crippen LogP) is 3.45. The van der Waals surface area contributed by atoms with E-state index in [4.69, 9.17) is 11.6 Å². The number of nitrogens with zero attached hydrogens (tertiary/aromatic N) is 1. The van der Waals surface area contributed by atoms with Crippen molar-refractivity contribution in [3.05, 3.63) is 35.6 Å². The molecule has 1 saturated carbocycles. The van der Waals surface area contributed by atoms with E-state index in [9.17, 15) is 9.18 Å². The van der Waals surface area contributed by atoms with E-state index in [0.717, 1.165) is 19.3 Å². The number of benzene rings is 1. The maximum atomic E-state index is 12.8. The molecule has 18 heavy (non-hydrogen) atoms. The number of hydrogen-bond acceptors (Lipinski definition) is 1. The first kappa shape index (κ1) is 13.3. The topological polar surface area (TPSA) is 20.3 Å². The monoisotopic (exact) mass is 269 g/mol. The molecule has 1 amide bonds. The summed E-state index contributed by atoms with van der Waals surface area (Å²) in [6.45, 7) is 0.685. The molecule has 4 heteroatoms. The largest absolute Gasteiger partial charge is 0.336 e. The molecule has 1 aliphatic rings. The van der Waals surface area contributed by atoms with Gasteiger partial charge in [0.2, 0.25) is 0 Å². The summed E-state index contributed by atoms with van der Waals surface area (Å²) in [5.41, 5.74) is 0.554. The lowest BCUT2D eigenvalue weighted by Gasteiger charge is -2.37. The van der Waals surface area contributed by atoms with Gasteiger partial charge in [0.1, 0.15) is 5.82 Å². The molecule has 1 fully saturated rings. The Kier molecular flexibility index (Phi) is 4.59. The van der Waals surface area contributed by atoms with Crippen molar-refractivity contribution in [3.63, 3.8) is 0 Å². The van der Waals surface area contributed by atoms with Crippen LogP contribution in [0.3, 0.4) is 0 Å². The molecule has 2 nitrogen and oxygen atoms in total. The third-order valence-electron chi connectivity index (χ3n) is 3.40. The maximum absolute atomic E-state index is 12.8. The number of alkyl halides is 1. The van der Waals surface area contributed by atoms with Gasteiger partial charge in [0.05, 0.1) is 0 Å². The van der Waals surface area contributed by atoms with Crippen molar-refractivity contribution in [2.45, 2.75) is 31.7 Å². The summed E-state index contributed by atoms with van der Waals surface area (Å²) >= 11 is 5.70. The van der Waals surface area contributed by atoms with Gasteiger partial charge < -0.3 is 4.90 Å². The zero-order valence-corrected chi connectivity index (χ0v) is 11.0. The average molecular weight is 270 g/mol. The van der Waals surface area contributed by atoms with Crippen LogP contribution in [-0.4, -0.2) is 29.3 Å². The van der Waals surface area contributed by atoms with E-state index >= 15 is 0 Å². The van der Waals surface area contributed by atoms with Gasteiger partial charge in [-0.25, -0.2) is 4.39 Å². The van der Waals surface area contributed by atoms with E-state index in [-0.39, 0.29) is 11.7 Å². The Bertz CT molecular complexity index is 403. The van der Waals surface area contributed by atoms with Gasteiger partial charge in [-0.05, 0) is 49.9 Å². The second-order valence-corrected chi connectivity index (χ2v) is 5.01. The van der Waals surface area contributed by atoms with Gasteiger partial charge in [-0.3, -0.25) is 4.79 Å². The van der Waals surface area contributed by atoms with Gasteiger partial charge >= 0.3 is 0 Å². The van der Waals surface area contributed by atoms with Crippen molar-refractivity contribution in [3.8, 4) is 0 Å². The Morgan fingerprint density at radius 1 is 1.33 bits per heavy atom. The zero-order chi connectivity index (χ0) is 13.0. The highest BCUT2D eigenvalue weighted by molar-refractivity contribution is 6.17. The lowest BCUT2D eigenvalue weighted by Crippen LogP contribution is -2.44. The second-order valence-electron chi connectivity index (χ2n) is 4.63. The molecule has 1 aliphatic carbocycles. The third kappa shape index (κ3) is 3.02. The Labute approximate surface area is 112 Å². The lowest BCUT2D eigenvalue weighted by atomic mass is 9.91. The molecule has 0 atom stereocenters. The van der Waals surface area contributed by atoms with Crippen molar-refractivity contribution in [2.75, 3.05) is 12.4 Å². The number of amides is 1. The second kappa shape index (κ2) is 6.19. The SMILES string of the molecule is O=C(c1ccc(F)cc1)N(CCCCl)C1CCC1. The Morgan fingerprint density at radius 2 is 2.00 bits per heavy atom. The van der Waals surface area contributed by atoms with Gasteiger partial charge in [0.15, 0.2) is 0 Å². The molecule has 0 heterocycles. The first-order valence-corrected chi connectivity index (χ1v) is 6.88.